The zero-order chi connectivity index (χ0) is 8.85. The third-order valence-corrected chi connectivity index (χ3v) is 4.83. The summed E-state index contributed by atoms with van der Waals surface area (Å²) in [7, 11) is 2.53. The predicted octanol–water partition coefficient (Wildman–Crippen LogP) is 2.81. The van der Waals surface area contributed by atoms with Gasteiger partial charge >= 0.3 is 0 Å². The fourth-order valence-corrected chi connectivity index (χ4v) is 2.71. The number of hydrogen-bond donors (Lipinski definition) is 0. The molecule has 0 N–H and O–H groups in total. The maximum Gasteiger partial charge on any atom is 0.0183 e. The molecule has 0 aromatic rings. The van der Waals surface area contributed by atoms with Crippen LogP contribution >= 0.6 is 7.92 Å². The zero-order valence-corrected chi connectivity index (χ0v) is 9.49. The fourth-order valence-electron chi connectivity index (χ4n) is 0.902. The summed E-state index contributed by atoms with van der Waals surface area (Å²) in [6.07, 6.45) is 4.08. The lowest BCUT2D eigenvalue weighted by Gasteiger charge is -2.25. The monoisotopic (exact) mass is 175 g/mol. The van der Waals surface area contributed by atoms with Crippen LogP contribution in [0, 0.1) is 0 Å². The van der Waals surface area contributed by atoms with Crippen LogP contribution in [0.5, 0.6) is 0 Å². The molecule has 0 atom stereocenters. The lowest BCUT2D eigenvalue weighted by molar-refractivity contribution is 0.319. The highest BCUT2D eigenvalue weighted by Crippen LogP contribution is 2.34. The van der Waals surface area contributed by atoms with Crippen LogP contribution in [0.1, 0.15) is 27.7 Å². The Labute approximate surface area is 72.9 Å². The second-order valence-corrected chi connectivity index (χ2v) is 6.18. The van der Waals surface area contributed by atoms with Crippen LogP contribution in [-0.2, 0) is 0 Å². The van der Waals surface area contributed by atoms with E-state index in [1.165, 1.54) is 18.6 Å². The van der Waals surface area contributed by atoms with Gasteiger partial charge in [-0.2, -0.15) is 0 Å². The van der Waals surface area contributed by atoms with Crippen LogP contribution in [-0.4, -0.2) is 36.6 Å². The topological polar surface area (TPSA) is 3.24 Å². The van der Waals surface area contributed by atoms with E-state index >= 15 is 0 Å². The van der Waals surface area contributed by atoms with Crippen molar-refractivity contribution in [2.45, 2.75) is 33.7 Å². The lowest BCUT2D eigenvalue weighted by Crippen LogP contribution is -2.26. The Kier molecular flexibility index (Phi) is 6.18. The van der Waals surface area contributed by atoms with Crippen molar-refractivity contribution in [1.82, 2.24) is 4.90 Å². The molecule has 0 aromatic heterocycles. The van der Waals surface area contributed by atoms with Crippen LogP contribution in [0.2, 0.25) is 0 Å². The Bertz CT molecular complexity index is 89.6. The van der Waals surface area contributed by atoms with Gasteiger partial charge in [-0.15, -0.1) is 0 Å². The van der Waals surface area contributed by atoms with E-state index in [0.29, 0.717) is 14.0 Å². The Morgan fingerprint density at radius 3 is 1.91 bits per heavy atom. The predicted molar refractivity (Wildman–Crippen MR) is 55.8 cm³/mol. The first-order chi connectivity index (χ1) is 5.11. The second-order valence-electron chi connectivity index (χ2n) is 3.30. The Balaban J connectivity index is 3.62. The maximum absolute atomic E-state index is 2.46. The number of hydrogen-bond acceptors (Lipinski definition) is 1. The van der Waals surface area contributed by atoms with Crippen LogP contribution in [0.15, 0.2) is 0 Å². The Morgan fingerprint density at radius 2 is 1.64 bits per heavy atom. The van der Waals surface area contributed by atoms with Crippen LogP contribution in [0.25, 0.3) is 0 Å². The first-order valence-electron chi connectivity index (χ1n) is 4.54. The van der Waals surface area contributed by atoms with E-state index in [1.54, 1.807) is 0 Å². The molecular weight excluding hydrogens is 153 g/mol. The number of rotatable bonds is 5. The minimum Gasteiger partial charge on any atom is -0.300 e. The van der Waals surface area contributed by atoms with E-state index in [4.69, 9.17) is 0 Å². The van der Waals surface area contributed by atoms with E-state index in [-0.39, 0.29) is 0 Å². The van der Waals surface area contributed by atoms with Gasteiger partial charge in [0.05, 0.1) is 0 Å². The molecule has 2 heteroatoms. The highest BCUT2D eigenvalue weighted by Gasteiger charge is 2.08. The smallest absolute Gasteiger partial charge is 0.0183 e. The van der Waals surface area contributed by atoms with Gasteiger partial charge in [0, 0.05) is 12.3 Å². The van der Waals surface area contributed by atoms with Crippen molar-refractivity contribution in [3.63, 3.8) is 0 Å². The average Bonchev–Trinajstić information content (AvgIpc) is 1.99. The SMILES string of the molecule is CCP(CC)CN(C)C(C)C. The molecule has 0 unspecified atom stereocenters. The summed E-state index contributed by atoms with van der Waals surface area (Å²) < 4.78 is 0. The molecule has 0 aliphatic rings. The van der Waals surface area contributed by atoms with Crippen LogP contribution < -0.4 is 0 Å². The molecule has 0 fully saturated rings. The molecule has 0 rings (SSSR count). The minimum absolute atomic E-state index is 0.298. The normalized spacial score (nSPS) is 12.0. The summed E-state index contributed by atoms with van der Waals surface area (Å²) in [5, 5.41) is 0. The highest BCUT2D eigenvalue weighted by molar-refractivity contribution is 7.57. The third kappa shape index (κ3) is 4.76. The summed E-state index contributed by atoms with van der Waals surface area (Å²) in [6.45, 7) is 9.14. The molecule has 0 spiro atoms. The summed E-state index contributed by atoms with van der Waals surface area (Å²) in [6, 6.07) is 0.707. The van der Waals surface area contributed by atoms with Gasteiger partial charge in [-0.1, -0.05) is 21.8 Å². The molecule has 0 aromatic carbocycles. The lowest BCUT2D eigenvalue weighted by atomic mass is 10.4. The molecule has 0 amide bonds. The molecule has 11 heavy (non-hydrogen) atoms. The Morgan fingerprint density at radius 1 is 1.18 bits per heavy atom. The molecule has 0 radical (unpaired) electrons. The first-order valence-corrected chi connectivity index (χ1v) is 6.44. The van der Waals surface area contributed by atoms with Crippen molar-refractivity contribution in [2.24, 2.45) is 0 Å². The fraction of sp³-hybridized carbons (Fsp3) is 1.00. The third-order valence-electron chi connectivity index (χ3n) is 2.20. The van der Waals surface area contributed by atoms with Crippen molar-refractivity contribution >= 4 is 7.92 Å². The average molecular weight is 175 g/mol. The molecule has 0 saturated heterocycles. The van der Waals surface area contributed by atoms with E-state index in [9.17, 15) is 0 Å². The quantitative estimate of drug-likeness (QED) is 0.581. The van der Waals surface area contributed by atoms with E-state index in [0.717, 1.165) is 0 Å². The van der Waals surface area contributed by atoms with Gasteiger partial charge in [-0.3, -0.25) is 4.90 Å². The zero-order valence-electron chi connectivity index (χ0n) is 8.59. The van der Waals surface area contributed by atoms with Gasteiger partial charge in [0.15, 0.2) is 0 Å². The molecule has 1 nitrogen and oxygen atoms in total. The molecule has 68 valence electrons. The highest BCUT2D eigenvalue weighted by atomic mass is 31.1. The second kappa shape index (κ2) is 5.97. The van der Waals surface area contributed by atoms with Crippen molar-refractivity contribution < 1.29 is 0 Å². The van der Waals surface area contributed by atoms with E-state index < -0.39 is 0 Å². The summed E-state index contributed by atoms with van der Waals surface area (Å²) in [5.41, 5.74) is 0. The summed E-state index contributed by atoms with van der Waals surface area (Å²) >= 11 is 0. The van der Waals surface area contributed by atoms with Crippen molar-refractivity contribution in [3.8, 4) is 0 Å². The molecule has 0 bridgehead atoms. The van der Waals surface area contributed by atoms with Gasteiger partial charge in [0.2, 0.25) is 0 Å². The molecule has 0 aliphatic carbocycles. The van der Waals surface area contributed by atoms with Gasteiger partial charge in [-0.05, 0) is 33.2 Å². The standard InChI is InChI=1S/C9H22NP/c1-6-11(7-2)8-10(5)9(3)4/h9H,6-8H2,1-5H3. The minimum atomic E-state index is 0.298. The first kappa shape index (κ1) is 11.4. The Hall–Kier alpha value is 0.390. The van der Waals surface area contributed by atoms with Crippen molar-refractivity contribution in [3.05, 3.63) is 0 Å². The molecule has 0 aliphatic heterocycles. The summed E-state index contributed by atoms with van der Waals surface area (Å²) in [4.78, 5) is 2.46. The van der Waals surface area contributed by atoms with Gasteiger partial charge in [-0.25, -0.2) is 0 Å². The largest absolute Gasteiger partial charge is 0.300 e. The molecule has 0 saturated carbocycles. The van der Waals surface area contributed by atoms with E-state index in [2.05, 4.69) is 39.6 Å². The van der Waals surface area contributed by atoms with Gasteiger partial charge in [0.1, 0.15) is 0 Å². The van der Waals surface area contributed by atoms with E-state index in [1.807, 2.05) is 0 Å². The van der Waals surface area contributed by atoms with Crippen LogP contribution in [0.3, 0.4) is 0 Å². The number of nitrogens with zero attached hydrogens (tertiary/aromatic N) is 1. The molecule has 0 heterocycles. The van der Waals surface area contributed by atoms with Gasteiger partial charge < -0.3 is 0 Å². The van der Waals surface area contributed by atoms with Crippen molar-refractivity contribution in [2.75, 3.05) is 25.7 Å². The summed E-state index contributed by atoms with van der Waals surface area (Å²) in [5.74, 6) is 0. The maximum atomic E-state index is 2.46. The van der Waals surface area contributed by atoms with Crippen LogP contribution in [0.4, 0.5) is 0 Å². The van der Waals surface area contributed by atoms with Gasteiger partial charge in [0.25, 0.3) is 0 Å². The molecular formula is C9H22NP. The van der Waals surface area contributed by atoms with Crippen molar-refractivity contribution in [1.29, 1.82) is 0 Å².